The molecule has 1 aromatic heterocycles. The molecule has 2 rings (SSSR count). The summed E-state index contributed by atoms with van der Waals surface area (Å²) in [5.41, 5.74) is -0.116. The Hall–Kier alpha value is -1.01. The second kappa shape index (κ2) is 5.77. The van der Waals surface area contributed by atoms with Crippen LogP contribution >= 0.6 is 0 Å². The first-order chi connectivity index (χ1) is 9.37. The van der Waals surface area contributed by atoms with Crippen molar-refractivity contribution < 1.29 is 9.84 Å². The van der Waals surface area contributed by atoms with Crippen LogP contribution in [0, 0.1) is 5.41 Å². The van der Waals surface area contributed by atoms with Crippen molar-refractivity contribution in [2.45, 2.75) is 64.6 Å². The Balaban J connectivity index is 2.07. The third-order valence-electron chi connectivity index (χ3n) is 4.41. The summed E-state index contributed by atoms with van der Waals surface area (Å²) in [6.45, 7) is 7.15. The van der Waals surface area contributed by atoms with Gasteiger partial charge in [0.1, 0.15) is 0 Å². The number of rotatable bonds is 5. The van der Waals surface area contributed by atoms with Crippen molar-refractivity contribution in [2.24, 2.45) is 12.5 Å². The predicted molar refractivity (Wildman–Crippen MR) is 75.1 cm³/mol. The summed E-state index contributed by atoms with van der Waals surface area (Å²) in [7, 11) is 1.73. The second-order valence-corrected chi connectivity index (χ2v) is 6.58. The zero-order valence-electron chi connectivity index (χ0n) is 13.0. The highest BCUT2D eigenvalue weighted by molar-refractivity contribution is 4.99. The minimum absolute atomic E-state index is 0.338. The van der Waals surface area contributed by atoms with E-state index in [1.165, 1.54) is 4.80 Å². The van der Waals surface area contributed by atoms with Gasteiger partial charge in [-0.05, 0) is 43.2 Å². The lowest BCUT2D eigenvalue weighted by Crippen LogP contribution is -2.50. The molecule has 0 saturated heterocycles. The van der Waals surface area contributed by atoms with Crippen molar-refractivity contribution in [2.75, 3.05) is 6.61 Å². The molecule has 0 amide bonds. The number of hydrogen-bond acceptors (Lipinski definition) is 5. The molecule has 0 bridgehead atoms. The first kappa shape index (κ1) is 15.4. The normalized spacial score (nSPS) is 22.6. The fraction of sp³-hybridized carbons (Fsp3) is 0.929. The molecule has 1 fully saturated rings. The summed E-state index contributed by atoms with van der Waals surface area (Å²) in [4.78, 5) is 1.42. The third kappa shape index (κ3) is 3.35. The topological polar surface area (TPSA) is 73.1 Å². The summed E-state index contributed by atoms with van der Waals surface area (Å²) < 4.78 is 5.97. The molecule has 1 saturated carbocycles. The van der Waals surface area contributed by atoms with Crippen LogP contribution in [0.25, 0.3) is 0 Å². The average Bonchev–Trinajstić information content (AvgIpc) is 2.78. The Bertz CT molecular complexity index is 434. The molecule has 0 aliphatic heterocycles. The predicted octanol–water partition coefficient (Wildman–Crippen LogP) is 1.49. The number of tetrazole rings is 1. The molecule has 20 heavy (non-hydrogen) atoms. The lowest BCUT2D eigenvalue weighted by Gasteiger charge is -2.45. The lowest BCUT2D eigenvalue weighted by molar-refractivity contribution is -0.151. The Labute approximate surface area is 120 Å². The largest absolute Gasteiger partial charge is 0.390 e. The molecule has 114 valence electrons. The van der Waals surface area contributed by atoms with Crippen LogP contribution in [-0.2, 0) is 18.2 Å². The minimum Gasteiger partial charge on any atom is -0.390 e. The SMILES string of the molecule is CCOC1(C(O)Cc2nnn(C)n2)CCC(C)(C)CC1. The van der Waals surface area contributed by atoms with Gasteiger partial charge in [0, 0.05) is 13.0 Å². The number of hydrogen-bond donors (Lipinski definition) is 1. The maximum absolute atomic E-state index is 10.6. The van der Waals surface area contributed by atoms with E-state index >= 15 is 0 Å². The number of ether oxygens (including phenoxy) is 1. The van der Waals surface area contributed by atoms with E-state index in [4.69, 9.17) is 4.74 Å². The zero-order valence-corrected chi connectivity index (χ0v) is 13.0. The van der Waals surface area contributed by atoms with Crippen LogP contribution < -0.4 is 0 Å². The number of aryl methyl sites for hydroxylation is 1. The fourth-order valence-electron chi connectivity index (χ4n) is 2.98. The van der Waals surface area contributed by atoms with E-state index in [2.05, 4.69) is 29.3 Å². The molecule has 1 unspecified atom stereocenters. The van der Waals surface area contributed by atoms with Crippen LogP contribution in [0.4, 0.5) is 0 Å². The molecule has 0 radical (unpaired) electrons. The molecule has 6 heteroatoms. The van der Waals surface area contributed by atoms with Gasteiger partial charge in [0.15, 0.2) is 5.82 Å². The van der Waals surface area contributed by atoms with Crippen molar-refractivity contribution in [3.8, 4) is 0 Å². The van der Waals surface area contributed by atoms with Gasteiger partial charge in [-0.1, -0.05) is 13.8 Å². The molecule has 1 aliphatic carbocycles. The molecular formula is C14H26N4O2. The second-order valence-electron chi connectivity index (χ2n) is 6.58. The van der Waals surface area contributed by atoms with Crippen LogP contribution in [-0.4, -0.2) is 43.6 Å². The van der Waals surface area contributed by atoms with Gasteiger partial charge in [0.25, 0.3) is 0 Å². The van der Waals surface area contributed by atoms with Gasteiger partial charge in [0.2, 0.25) is 0 Å². The standard InChI is InChI=1S/C14H26N4O2/c1-5-20-14(8-6-13(2,3)7-9-14)11(19)10-12-15-17-18(4)16-12/h11,19H,5-10H2,1-4H3. The molecule has 1 aromatic rings. The van der Waals surface area contributed by atoms with E-state index in [1.807, 2.05) is 6.92 Å². The van der Waals surface area contributed by atoms with Crippen LogP contribution in [0.2, 0.25) is 0 Å². The monoisotopic (exact) mass is 282 g/mol. The van der Waals surface area contributed by atoms with Crippen molar-refractivity contribution in [3.05, 3.63) is 5.82 Å². The summed E-state index contributed by atoms with van der Waals surface area (Å²) in [5.74, 6) is 0.573. The lowest BCUT2D eigenvalue weighted by atomic mass is 9.68. The van der Waals surface area contributed by atoms with Gasteiger partial charge >= 0.3 is 0 Å². The number of aliphatic hydroxyl groups is 1. The molecule has 1 atom stereocenters. The number of aromatic nitrogens is 4. The number of aliphatic hydroxyl groups excluding tert-OH is 1. The van der Waals surface area contributed by atoms with E-state index in [0.717, 1.165) is 25.7 Å². The van der Waals surface area contributed by atoms with Gasteiger partial charge in [-0.2, -0.15) is 4.80 Å². The molecule has 1 N–H and O–H groups in total. The quantitative estimate of drug-likeness (QED) is 0.885. The first-order valence-corrected chi connectivity index (χ1v) is 7.42. The van der Waals surface area contributed by atoms with E-state index in [1.54, 1.807) is 7.05 Å². The van der Waals surface area contributed by atoms with Crippen LogP contribution in [0.15, 0.2) is 0 Å². The summed E-state index contributed by atoms with van der Waals surface area (Å²) >= 11 is 0. The Morgan fingerprint density at radius 2 is 1.95 bits per heavy atom. The van der Waals surface area contributed by atoms with Crippen LogP contribution in [0.1, 0.15) is 52.3 Å². The molecule has 1 aliphatic rings. The van der Waals surface area contributed by atoms with Gasteiger partial charge in [-0.25, -0.2) is 0 Å². The maximum Gasteiger partial charge on any atom is 0.177 e. The zero-order chi connectivity index (χ0) is 14.8. The number of nitrogens with zero attached hydrogens (tertiary/aromatic N) is 4. The highest BCUT2D eigenvalue weighted by atomic mass is 16.5. The highest BCUT2D eigenvalue weighted by Crippen LogP contribution is 2.44. The third-order valence-corrected chi connectivity index (χ3v) is 4.41. The summed E-state index contributed by atoms with van der Waals surface area (Å²) in [5, 5.41) is 22.6. The van der Waals surface area contributed by atoms with Crippen molar-refractivity contribution >= 4 is 0 Å². The van der Waals surface area contributed by atoms with Crippen molar-refractivity contribution in [1.29, 1.82) is 0 Å². The Kier molecular flexibility index (Phi) is 4.44. The van der Waals surface area contributed by atoms with Crippen LogP contribution in [0.3, 0.4) is 0 Å². The van der Waals surface area contributed by atoms with Gasteiger partial charge < -0.3 is 9.84 Å². The molecular weight excluding hydrogens is 256 g/mol. The van der Waals surface area contributed by atoms with Crippen molar-refractivity contribution in [3.63, 3.8) is 0 Å². The van der Waals surface area contributed by atoms with E-state index in [-0.39, 0.29) is 0 Å². The molecule has 0 spiro atoms. The molecule has 1 heterocycles. The van der Waals surface area contributed by atoms with Gasteiger partial charge in [-0.15, -0.1) is 10.2 Å². The van der Waals surface area contributed by atoms with Gasteiger partial charge in [0.05, 0.1) is 18.8 Å². The van der Waals surface area contributed by atoms with E-state index in [9.17, 15) is 5.11 Å². The van der Waals surface area contributed by atoms with E-state index in [0.29, 0.717) is 24.3 Å². The Morgan fingerprint density at radius 1 is 1.30 bits per heavy atom. The Morgan fingerprint density at radius 3 is 2.45 bits per heavy atom. The first-order valence-electron chi connectivity index (χ1n) is 7.42. The van der Waals surface area contributed by atoms with E-state index < -0.39 is 11.7 Å². The fourth-order valence-corrected chi connectivity index (χ4v) is 2.98. The molecule has 0 aromatic carbocycles. The summed E-state index contributed by atoms with van der Waals surface area (Å²) in [6, 6.07) is 0. The molecule has 6 nitrogen and oxygen atoms in total. The average molecular weight is 282 g/mol. The van der Waals surface area contributed by atoms with Crippen LogP contribution in [0.5, 0.6) is 0 Å². The smallest absolute Gasteiger partial charge is 0.177 e. The minimum atomic E-state index is -0.581. The highest BCUT2D eigenvalue weighted by Gasteiger charge is 2.44. The van der Waals surface area contributed by atoms with Crippen molar-refractivity contribution in [1.82, 2.24) is 20.2 Å². The maximum atomic E-state index is 10.6. The summed E-state index contributed by atoms with van der Waals surface area (Å²) in [6.07, 6.45) is 3.72. The van der Waals surface area contributed by atoms with Gasteiger partial charge in [-0.3, -0.25) is 0 Å².